The van der Waals surface area contributed by atoms with Crippen molar-refractivity contribution in [3.63, 3.8) is 0 Å². The summed E-state index contributed by atoms with van der Waals surface area (Å²) in [5, 5.41) is 6.02. The second kappa shape index (κ2) is 17.9. The Morgan fingerprint density at radius 3 is 1.64 bits per heavy atom. The van der Waals surface area contributed by atoms with E-state index in [-0.39, 0.29) is 36.1 Å². The number of hydrogen-bond acceptors (Lipinski definition) is 4. The molecule has 0 fully saturated rings. The predicted octanol–water partition coefficient (Wildman–Crippen LogP) is 10.7. The van der Waals surface area contributed by atoms with Crippen LogP contribution in [0.1, 0.15) is 153 Å². The van der Waals surface area contributed by atoms with Crippen LogP contribution in [0.15, 0.2) is 36.4 Å². The van der Waals surface area contributed by atoms with Gasteiger partial charge in [0, 0.05) is 5.69 Å². The van der Waals surface area contributed by atoms with Gasteiger partial charge in [-0.15, -0.1) is 0 Å². The molecule has 0 aliphatic rings. The molecule has 236 valence electrons. The van der Waals surface area contributed by atoms with Gasteiger partial charge in [-0.1, -0.05) is 137 Å². The maximum Gasteiger partial charge on any atom is 0.459 e. The number of rotatable bonds is 19. The molecule has 0 aliphatic carbocycles. The molecule has 0 saturated carbocycles. The molecule has 2 aromatic rings. The van der Waals surface area contributed by atoms with E-state index in [0.29, 0.717) is 12.4 Å². The highest BCUT2D eigenvalue weighted by Gasteiger charge is 2.31. The minimum atomic E-state index is -3.87. The highest BCUT2D eigenvalue weighted by molar-refractivity contribution is 7.52. The smallest absolute Gasteiger partial charge is 0.413 e. The largest absolute Gasteiger partial charge is 0.459 e. The molecular formula is C35H57N2O4P. The van der Waals surface area contributed by atoms with Gasteiger partial charge in [0.25, 0.3) is 0 Å². The second-order valence-electron chi connectivity index (χ2n) is 12.6. The summed E-state index contributed by atoms with van der Waals surface area (Å²) in [6, 6.07) is 12.2. The number of nitrogens with one attached hydrogen (secondary N) is 2. The third-order valence-corrected chi connectivity index (χ3v) is 9.10. The Labute approximate surface area is 256 Å². The standard InChI is InChI=1S/C35H57N2O4P/c1-10-11-12-13-14-15-16-23-40-42(39,41-35-31(27(6)7)21-18-22-32(35)28(8)9)36-24-33(38)37-34-29(25(2)3)19-17-20-30(34)26(4)5/h17-22,25-28H,10-16,23-24H2,1-9H3,(H,36,39)(H,37,38). The van der Waals surface area contributed by atoms with Crippen molar-refractivity contribution in [1.29, 1.82) is 0 Å². The fraction of sp³-hybridized carbons (Fsp3) is 0.629. The number of benzene rings is 2. The van der Waals surface area contributed by atoms with Crippen LogP contribution >= 0.6 is 7.75 Å². The fourth-order valence-electron chi connectivity index (χ4n) is 5.10. The van der Waals surface area contributed by atoms with Gasteiger partial charge in [-0.3, -0.25) is 9.32 Å². The first-order valence-corrected chi connectivity index (χ1v) is 17.7. The molecular weight excluding hydrogens is 543 g/mol. The van der Waals surface area contributed by atoms with E-state index in [1.54, 1.807) is 0 Å². The van der Waals surface area contributed by atoms with Crippen LogP contribution in [0.5, 0.6) is 5.75 Å². The average Bonchev–Trinajstić information content (AvgIpc) is 2.93. The minimum Gasteiger partial charge on any atom is -0.413 e. The van der Waals surface area contributed by atoms with Crippen molar-refractivity contribution in [3.8, 4) is 5.75 Å². The van der Waals surface area contributed by atoms with E-state index in [4.69, 9.17) is 9.05 Å². The van der Waals surface area contributed by atoms with Gasteiger partial charge in [-0.2, -0.15) is 0 Å². The molecule has 0 bridgehead atoms. The summed E-state index contributed by atoms with van der Waals surface area (Å²) in [5.41, 5.74) is 4.94. The number of unbranched alkanes of at least 4 members (excludes halogenated alkanes) is 6. The normalized spacial score (nSPS) is 13.3. The Kier molecular flexibility index (Phi) is 15.3. The molecule has 0 aromatic heterocycles. The van der Waals surface area contributed by atoms with Crippen LogP contribution in [0, 0.1) is 0 Å². The van der Waals surface area contributed by atoms with Crippen molar-refractivity contribution in [2.45, 2.75) is 131 Å². The zero-order chi connectivity index (χ0) is 31.3. The van der Waals surface area contributed by atoms with Crippen LogP contribution in [-0.4, -0.2) is 19.1 Å². The lowest BCUT2D eigenvalue weighted by atomic mass is 9.92. The fourth-order valence-corrected chi connectivity index (χ4v) is 6.47. The minimum absolute atomic E-state index is 0.167. The molecule has 2 N–H and O–H groups in total. The molecule has 6 nitrogen and oxygen atoms in total. The molecule has 2 rings (SSSR count). The van der Waals surface area contributed by atoms with Crippen molar-refractivity contribution >= 4 is 19.3 Å². The number of hydrogen-bond donors (Lipinski definition) is 2. The summed E-state index contributed by atoms with van der Waals surface area (Å²) < 4.78 is 26.6. The van der Waals surface area contributed by atoms with Crippen LogP contribution in [-0.2, 0) is 13.9 Å². The monoisotopic (exact) mass is 600 g/mol. The van der Waals surface area contributed by atoms with Gasteiger partial charge < -0.3 is 9.84 Å². The molecule has 0 spiro atoms. The maximum atomic E-state index is 14.3. The first-order chi connectivity index (χ1) is 19.9. The molecule has 2 aromatic carbocycles. The van der Waals surface area contributed by atoms with Crippen LogP contribution < -0.4 is 14.9 Å². The topological polar surface area (TPSA) is 76.7 Å². The lowest BCUT2D eigenvalue weighted by Gasteiger charge is -2.25. The van der Waals surface area contributed by atoms with Crippen LogP contribution in [0.25, 0.3) is 0 Å². The summed E-state index contributed by atoms with van der Waals surface area (Å²) in [6.07, 6.45) is 7.86. The first kappa shape index (κ1) is 36.1. The van der Waals surface area contributed by atoms with E-state index in [1.165, 1.54) is 25.7 Å². The van der Waals surface area contributed by atoms with Gasteiger partial charge in [-0.05, 0) is 52.3 Å². The lowest BCUT2D eigenvalue weighted by Crippen LogP contribution is -2.29. The zero-order valence-corrected chi connectivity index (χ0v) is 28.6. The molecule has 0 heterocycles. The van der Waals surface area contributed by atoms with Crippen molar-refractivity contribution in [2.24, 2.45) is 0 Å². The number of para-hydroxylation sites is 2. The van der Waals surface area contributed by atoms with Gasteiger partial charge in [0.2, 0.25) is 5.91 Å². The maximum absolute atomic E-state index is 14.3. The van der Waals surface area contributed by atoms with Gasteiger partial charge >= 0.3 is 7.75 Å². The molecule has 7 heteroatoms. The number of anilines is 1. The lowest BCUT2D eigenvalue weighted by molar-refractivity contribution is -0.115. The van der Waals surface area contributed by atoms with Crippen LogP contribution in [0.3, 0.4) is 0 Å². The highest BCUT2D eigenvalue weighted by atomic mass is 31.2. The van der Waals surface area contributed by atoms with Crippen molar-refractivity contribution in [2.75, 3.05) is 18.5 Å². The van der Waals surface area contributed by atoms with Crippen LogP contribution in [0.2, 0.25) is 0 Å². The molecule has 0 radical (unpaired) electrons. The van der Waals surface area contributed by atoms with Crippen molar-refractivity contribution in [1.82, 2.24) is 5.09 Å². The summed E-state index contributed by atoms with van der Waals surface area (Å²) in [4.78, 5) is 13.3. The van der Waals surface area contributed by atoms with Crippen LogP contribution in [0.4, 0.5) is 5.69 Å². The number of carbonyl (C=O) groups excluding carboxylic acids is 1. The summed E-state index contributed by atoms with van der Waals surface area (Å²) in [7, 11) is -3.87. The molecule has 1 amide bonds. The average molecular weight is 601 g/mol. The summed E-state index contributed by atoms with van der Waals surface area (Å²) in [6.45, 7) is 19.2. The van der Waals surface area contributed by atoms with E-state index >= 15 is 0 Å². The first-order valence-electron chi connectivity index (χ1n) is 16.1. The van der Waals surface area contributed by atoms with Gasteiger partial charge in [0.1, 0.15) is 5.75 Å². The highest BCUT2D eigenvalue weighted by Crippen LogP contribution is 2.49. The third kappa shape index (κ3) is 11.2. The quantitative estimate of drug-likeness (QED) is 0.124. The van der Waals surface area contributed by atoms with Gasteiger partial charge in [0.15, 0.2) is 0 Å². The van der Waals surface area contributed by atoms with Crippen molar-refractivity contribution in [3.05, 3.63) is 58.7 Å². The Bertz CT molecular complexity index is 1110. The van der Waals surface area contributed by atoms with E-state index < -0.39 is 7.75 Å². The number of amides is 1. The second-order valence-corrected chi connectivity index (χ2v) is 14.4. The Morgan fingerprint density at radius 1 is 0.714 bits per heavy atom. The zero-order valence-electron chi connectivity index (χ0n) is 27.7. The van der Waals surface area contributed by atoms with E-state index in [0.717, 1.165) is 47.2 Å². The molecule has 1 unspecified atom stereocenters. The summed E-state index contributed by atoms with van der Waals surface area (Å²) in [5.74, 6) is 1.13. The molecule has 0 saturated heterocycles. The van der Waals surface area contributed by atoms with Gasteiger partial charge in [-0.25, -0.2) is 9.65 Å². The summed E-state index contributed by atoms with van der Waals surface area (Å²) >= 11 is 0. The van der Waals surface area contributed by atoms with Crippen molar-refractivity contribution < 1.29 is 18.4 Å². The van der Waals surface area contributed by atoms with Gasteiger partial charge in [0.05, 0.1) is 13.2 Å². The molecule has 42 heavy (non-hydrogen) atoms. The van der Waals surface area contributed by atoms with E-state index in [2.05, 4.69) is 84.9 Å². The predicted molar refractivity (Wildman–Crippen MR) is 178 cm³/mol. The van der Waals surface area contributed by atoms with E-state index in [1.807, 2.05) is 24.3 Å². The Balaban J connectivity index is 2.26. The number of carbonyl (C=O) groups is 1. The SMILES string of the molecule is CCCCCCCCCOP(=O)(NCC(=O)Nc1c(C(C)C)cccc1C(C)C)Oc1c(C(C)C)cccc1C(C)C. The van der Waals surface area contributed by atoms with E-state index in [9.17, 15) is 9.36 Å². The molecule has 1 atom stereocenters. The Hall–Kier alpha value is -2.14. The molecule has 0 aliphatic heterocycles. The Morgan fingerprint density at radius 2 is 1.17 bits per heavy atom. The third-order valence-electron chi connectivity index (χ3n) is 7.61.